The zero-order chi connectivity index (χ0) is 14.9. The number of nitrogens with one attached hydrogen (secondary N) is 1. The molecule has 0 radical (unpaired) electrons. The summed E-state index contributed by atoms with van der Waals surface area (Å²) in [4.78, 5) is 4.37. The highest BCUT2D eigenvalue weighted by atomic mass is 16.5. The van der Waals surface area contributed by atoms with Gasteiger partial charge in [-0.15, -0.1) is 0 Å². The highest BCUT2D eigenvalue weighted by Crippen LogP contribution is 2.31. The van der Waals surface area contributed by atoms with Gasteiger partial charge in [0.2, 0.25) is 0 Å². The van der Waals surface area contributed by atoms with Crippen molar-refractivity contribution in [3.63, 3.8) is 0 Å². The third-order valence-electron chi connectivity index (χ3n) is 3.92. The minimum Gasteiger partial charge on any atom is -0.492 e. The van der Waals surface area contributed by atoms with E-state index >= 15 is 0 Å². The lowest BCUT2D eigenvalue weighted by Crippen LogP contribution is -2.32. The van der Waals surface area contributed by atoms with E-state index in [1.54, 1.807) is 6.20 Å². The Morgan fingerprint density at radius 1 is 1.29 bits per heavy atom. The molecule has 0 saturated carbocycles. The molecule has 4 nitrogen and oxygen atoms in total. The molecule has 0 spiro atoms. The molecule has 1 fully saturated rings. The number of nitrogens with zero attached hydrogens (tertiary/aromatic N) is 1. The van der Waals surface area contributed by atoms with E-state index in [1.807, 2.05) is 6.20 Å². The average molecular weight is 292 g/mol. The second-order valence-electron chi connectivity index (χ2n) is 5.68. The molecule has 1 N–H and O–H groups in total. The molecular weight excluding hydrogens is 264 g/mol. The van der Waals surface area contributed by atoms with Crippen LogP contribution in [0.25, 0.3) is 0 Å². The fourth-order valence-electron chi connectivity index (χ4n) is 2.81. The van der Waals surface area contributed by atoms with E-state index in [2.05, 4.69) is 30.2 Å². The fourth-order valence-corrected chi connectivity index (χ4v) is 2.81. The van der Waals surface area contributed by atoms with E-state index in [0.717, 1.165) is 57.8 Å². The third kappa shape index (κ3) is 4.97. The van der Waals surface area contributed by atoms with Crippen LogP contribution in [0.5, 0.6) is 5.75 Å². The van der Waals surface area contributed by atoms with Gasteiger partial charge in [-0.1, -0.05) is 13.8 Å². The zero-order valence-electron chi connectivity index (χ0n) is 13.3. The van der Waals surface area contributed by atoms with E-state index in [4.69, 9.17) is 9.47 Å². The molecular formula is C17H28N2O2. The molecule has 2 rings (SSSR count). The molecule has 1 saturated heterocycles. The molecule has 1 aromatic heterocycles. The number of pyridine rings is 1. The Labute approximate surface area is 128 Å². The average Bonchev–Trinajstić information content (AvgIpc) is 2.55. The quantitative estimate of drug-likeness (QED) is 0.798. The molecule has 1 aromatic rings. The first-order valence-corrected chi connectivity index (χ1v) is 8.24. The monoisotopic (exact) mass is 292 g/mol. The van der Waals surface area contributed by atoms with Crippen molar-refractivity contribution in [2.75, 3.05) is 26.4 Å². The Hall–Kier alpha value is -1.13. The largest absolute Gasteiger partial charge is 0.492 e. The van der Waals surface area contributed by atoms with Gasteiger partial charge >= 0.3 is 0 Å². The molecule has 4 heteroatoms. The van der Waals surface area contributed by atoms with Crippen molar-refractivity contribution in [1.82, 2.24) is 10.3 Å². The summed E-state index contributed by atoms with van der Waals surface area (Å²) in [5, 5.41) is 3.69. The van der Waals surface area contributed by atoms with Gasteiger partial charge in [0, 0.05) is 25.5 Å². The smallest absolute Gasteiger partial charge is 0.137 e. The lowest BCUT2D eigenvalue weighted by molar-refractivity contribution is 0.0535. The van der Waals surface area contributed by atoms with Crippen LogP contribution >= 0.6 is 0 Å². The van der Waals surface area contributed by atoms with Crippen LogP contribution in [-0.4, -0.2) is 31.3 Å². The van der Waals surface area contributed by atoms with Gasteiger partial charge in [0.15, 0.2) is 0 Å². The van der Waals surface area contributed by atoms with Crippen molar-refractivity contribution in [3.05, 3.63) is 24.0 Å². The topological polar surface area (TPSA) is 43.4 Å². The SMILES string of the molecule is CCCNC(c1cncc(OCCC)c1)C1CCOCC1. The van der Waals surface area contributed by atoms with Gasteiger partial charge in [-0.25, -0.2) is 0 Å². The lowest BCUT2D eigenvalue weighted by Gasteiger charge is -2.31. The maximum absolute atomic E-state index is 5.72. The van der Waals surface area contributed by atoms with E-state index in [9.17, 15) is 0 Å². The molecule has 1 aliphatic heterocycles. The van der Waals surface area contributed by atoms with Crippen LogP contribution in [0.1, 0.15) is 51.1 Å². The van der Waals surface area contributed by atoms with Gasteiger partial charge in [-0.05, 0) is 49.8 Å². The molecule has 0 aromatic carbocycles. The molecule has 1 unspecified atom stereocenters. The first-order chi connectivity index (χ1) is 10.3. The highest BCUT2D eigenvalue weighted by molar-refractivity contribution is 5.26. The highest BCUT2D eigenvalue weighted by Gasteiger charge is 2.25. The van der Waals surface area contributed by atoms with Crippen molar-refractivity contribution >= 4 is 0 Å². The Kier molecular flexibility index (Phi) is 6.96. The van der Waals surface area contributed by atoms with Crippen molar-refractivity contribution in [2.45, 2.75) is 45.6 Å². The second-order valence-corrected chi connectivity index (χ2v) is 5.68. The molecule has 1 atom stereocenters. The van der Waals surface area contributed by atoms with Crippen molar-refractivity contribution < 1.29 is 9.47 Å². The van der Waals surface area contributed by atoms with Crippen molar-refractivity contribution in [1.29, 1.82) is 0 Å². The van der Waals surface area contributed by atoms with Gasteiger partial charge < -0.3 is 14.8 Å². The summed E-state index contributed by atoms with van der Waals surface area (Å²) in [6.45, 7) is 7.83. The van der Waals surface area contributed by atoms with Gasteiger partial charge in [0.05, 0.1) is 12.8 Å². The number of hydrogen-bond donors (Lipinski definition) is 1. The molecule has 0 amide bonds. The number of rotatable bonds is 8. The molecule has 2 heterocycles. The summed E-state index contributed by atoms with van der Waals surface area (Å²) in [7, 11) is 0. The number of ether oxygens (including phenoxy) is 2. The minimum atomic E-state index is 0.353. The second kappa shape index (κ2) is 9.00. The summed E-state index contributed by atoms with van der Waals surface area (Å²) in [6.07, 6.45) is 8.16. The van der Waals surface area contributed by atoms with Gasteiger partial charge in [-0.2, -0.15) is 0 Å². The fraction of sp³-hybridized carbons (Fsp3) is 0.706. The standard InChI is InChI=1S/C17H28N2O2/c1-3-7-19-17(14-5-9-20-10-6-14)15-11-16(13-18-12-15)21-8-4-2/h11-14,17,19H,3-10H2,1-2H3. The van der Waals surface area contributed by atoms with Crippen LogP contribution in [0.4, 0.5) is 0 Å². The zero-order valence-corrected chi connectivity index (χ0v) is 13.3. The normalized spacial score (nSPS) is 17.6. The molecule has 0 bridgehead atoms. The maximum Gasteiger partial charge on any atom is 0.137 e. The van der Waals surface area contributed by atoms with Crippen molar-refractivity contribution in [2.24, 2.45) is 5.92 Å². The Morgan fingerprint density at radius 2 is 2.10 bits per heavy atom. The third-order valence-corrected chi connectivity index (χ3v) is 3.92. The van der Waals surface area contributed by atoms with Gasteiger partial charge in [0.1, 0.15) is 5.75 Å². The van der Waals surface area contributed by atoms with Crippen molar-refractivity contribution in [3.8, 4) is 5.75 Å². The van der Waals surface area contributed by atoms with Crippen LogP contribution < -0.4 is 10.1 Å². The maximum atomic E-state index is 5.72. The number of hydrogen-bond acceptors (Lipinski definition) is 4. The first kappa shape index (κ1) is 16.2. The lowest BCUT2D eigenvalue weighted by atomic mass is 9.87. The predicted octanol–water partition coefficient (Wildman–Crippen LogP) is 3.34. The van der Waals surface area contributed by atoms with Crippen LogP contribution in [0.2, 0.25) is 0 Å². The Balaban J connectivity index is 2.10. The minimum absolute atomic E-state index is 0.353. The Bertz CT molecular complexity index is 406. The Morgan fingerprint density at radius 3 is 2.81 bits per heavy atom. The van der Waals surface area contributed by atoms with E-state index in [0.29, 0.717) is 12.0 Å². The summed E-state index contributed by atoms with van der Waals surface area (Å²) in [5.74, 6) is 1.50. The molecule has 21 heavy (non-hydrogen) atoms. The van der Waals surface area contributed by atoms with E-state index in [-0.39, 0.29) is 0 Å². The molecule has 118 valence electrons. The summed E-state index contributed by atoms with van der Waals surface area (Å²) in [6, 6.07) is 2.50. The summed E-state index contributed by atoms with van der Waals surface area (Å²) in [5.41, 5.74) is 1.24. The van der Waals surface area contributed by atoms with E-state index in [1.165, 1.54) is 5.56 Å². The van der Waals surface area contributed by atoms with E-state index < -0.39 is 0 Å². The van der Waals surface area contributed by atoms with Gasteiger partial charge in [0.25, 0.3) is 0 Å². The van der Waals surface area contributed by atoms with Crippen LogP contribution in [0.15, 0.2) is 18.5 Å². The van der Waals surface area contributed by atoms with Crippen LogP contribution in [0.3, 0.4) is 0 Å². The summed E-state index contributed by atoms with van der Waals surface area (Å²) < 4.78 is 11.2. The predicted molar refractivity (Wildman–Crippen MR) is 84.6 cm³/mol. The summed E-state index contributed by atoms with van der Waals surface area (Å²) >= 11 is 0. The van der Waals surface area contributed by atoms with Gasteiger partial charge in [-0.3, -0.25) is 4.98 Å². The van der Waals surface area contributed by atoms with Crippen LogP contribution in [0, 0.1) is 5.92 Å². The first-order valence-electron chi connectivity index (χ1n) is 8.24. The molecule has 1 aliphatic rings. The van der Waals surface area contributed by atoms with Crippen LogP contribution in [-0.2, 0) is 4.74 Å². The molecule has 0 aliphatic carbocycles. The number of aromatic nitrogens is 1.